The molecule has 3 rings (SSSR count). The van der Waals surface area contributed by atoms with Crippen molar-refractivity contribution in [1.82, 2.24) is 15.5 Å². The molecule has 2 atom stereocenters. The number of carbonyl (C=O) groups is 3. The van der Waals surface area contributed by atoms with E-state index in [2.05, 4.69) is 10.6 Å². The van der Waals surface area contributed by atoms with Crippen LogP contribution >= 0.6 is 23.2 Å². The molecule has 2 unspecified atom stereocenters. The molecule has 0 spiro atoms. The molecule has 0 bridgehead atoms. The van der Waals surface area contributed by atoms with Crippen molar-refractivity contribution in [3.8, 4) is 0 Å². The zero-order valence-electron chi connectivity index (χ0n) is 16.3. The number of halogens is 2. The number of hydrogen-bond donors (Lipinski definition) is 2. The summed E-state index contributed by atoms with van der Waals surface area (Å²) in [4.78, 5) is 38.9. The molecule has 0 saturated carbocycles. The molecular formula is C21H21Cl2N3O3. The Labute approximate surface area is 179 Å². The summed E-state index contributed by atoms with van der Waals surface area (Å²) in [5.41, 5.74) is 1.04. The van der Waals surface area contributed by atoms with Gasteiger partial charge in [-0.15, -0.1) is 0 Å². The fourth-order valence-electron chi connectivity index (χ4n) is 3.52. The number of hydrogen-bond acceptors (Lipinski definition) is 3. The molecule has 29 heavy (non-hydrogen) atoms. The van der Waals surface area contributed by atoms with E-state index in [9.17, 15) is 14.4 Å². The Hall–Kier alpha value is -2.57. The number of benzene rings is 2. The van der Waals surface area contributed by atoms with Crippen LogP contribution in [0.3, 0.4) is 0 Å². The number of aryl methyl sites for hydroxylation is 1. The van der Waals surface area contributed by atoms with Gasteiger partial charge in [-0.1, -0.05) is 53.5 Å². The van der Waals surface area contributed by atoms with Gasteiger partial charge in [0.2, 0.25) is 5.91 Å². The summed E-state index contributed by atoms with van der Waals surface area (Å²) in [6.07, 6.45) is 0. The number of amides is 4. The summed E-state index contributed by atoms with van der Waals surface area (Å²) in [7, 11) is 0. The van der Waals surface area contributed by atoms with Gasteiger partial charge >= 0.3 is 6.03 Å². The molecule has 1 heterocycles. The Morgan fingerprint density at radius 3 is 2.55 bits per heavy atom. The molecular weight excluding hydrogens is 413 g/mol. The summed E-state index contributed by atoms with van der Waals surface area (Å²) in [6, 6.07) is 11.3. The predicted octanol–water partition coefficient (Wildman–Crippen LogP) is 3.95. The molecule has 0 radical (unpaired) electrons. The van der Waals surface area contributed by atoms with Crippen molar-refractivity contribution >= 4 is 41.0 Å². The van der Waals surface area contributed by atoms with Crippen molar-refractivity contribution < 1.29 is 14.4 Å². The number of urea groups is 1. The lowest BCUT2D eigenvalue weighted by molar-refractivity contribution is -0.135. The monoisotopic (exact) mass is 433 g/mol. The van der Waals surface area contributed by atoms with Crippen LogP contribution in [-0.4, -0.2) is 29.3 Å². The average molecular weight is 434 g/mol. The van der Waals surface area contributed by atoms with Gasteiger partial charge in [0.15, 0.2) is 0 Å². The first-order valence-electron chi connectivity index (χ1n) is 9.08. The number of rotatable bonds is 5. The van der Waals surface area contributed by atoms with E-state index in [1.807, 2.05) is 19.1 Å². The number of carbonyl (C=O) groups excluding carboxylic acids is 3. The van der Waals surface area contributed by atoms with E-state index < -0.39 is 29.4 Å². The summed E-state index contributed by atoms with van der Waals surface area (Å²) < 4.78 is 0. The quantitative estimate of drug-likeness (QED) is 0.700. The first-order valence-corrected chi connectivity index (χ1v) is 9.83. The van der Waals surface area contributed by atoms with Crippen molar-refractivity contribution in [3.05, 3.63) is 69.2 Å². The Morgan fingerprint density at radius 2 is 1.90 bits per heavy atom. The van der Waals surface area contributed by atoms with Crippen molar-refractivity contribution in [2.45, 2.75) is 32.4 Å². The fraction of sp³-hybridized carbons (Fsp3) is 0.286. The molecule has 0 aromatic heterocycles. The summed E-state index contributed by atoms with van der Waals surface area (Å²) in [6.45, 7) is 4.88. The van der Waals surface area contributed by atoms with Crippen LogP contribution in [0.1, 0.15) is 36.6 Å². The highest BCUT2D eigenvalue weighted by atomic mass is 35.5. The molecule has 152 valence electrons. The van der Waals surface area contributed by atoms with Crippen molar-refractivity contribution in [2.24, 2.45) is 0 Å². The third-order valence-electron chi connectivity index (χ3n) is 5.07. The SMILES string of the molecule is Cc1ccccc1C1(C)NC(=O)N(CC(=O)NC(C)c2ccc(Cl)cc2Cl)C1=O. The molecule has 1 saturated heterocycles. The minimum atomic E-state index is -1.21. The third kappa shape index (κ3) is 4.09. The Bertz CT molecular complexity index is 995. The van der Waals surface area contributed by atoms with Crippen LogP contribution < -0.4 is 10.6 Å². The first kappa shape index (κ1) is 21.1. The summed E-state index contributed by atoms with van der Waals surface area (Å²) in [5.74, 6) is -0.940. The highest BCUT2D eigenvalue weighted by molar-refractivity contribution is 6.35. The topological polar surface area (TPSA) is 78.5 Å². The van der Waals surface area contributed by atoms with Crippen LogP contribution in [0.5, 0.6) is 0 Å². The molecule has 2 aromatic carbocycles. The van der Waals surface area contributed by atoms with Gasteiger partial charge in [-0.25, -0.2) is 4.79 Å². The highest BCUT2D eigenvalue weighted by Crippen LogP contribution is 2.31. The molecule has 4 amide bonds. The van der Waals surface area contributed by atoms with Gasteiger partial charge in [0.1, 0.15) is 12.1 Å². The molecule has 1 aliphatic heterocycles. The van der Waals surface area contributed by atoms with E-state index >= 15 is 0 Å². The zero-order valence-corrected chi connectivity index (χ0v) is 17.8. The molecule has 0 aliphatic carbocycles. The standard InChI is InChI=1S/C21H21Cl2N3O3/c1-12-6-4-5-7-16(12)21(3)19(28)26(20(29)25-21)11-18(27)24-13(2)15-9-8-14(22)10-17(15)23/h4-10,13H,11H2,1-3H3,(H,24,27)(H,25,29). The Balaban J connectivity index is 1.73. The zero-order chi connectivity index (χ0) is 21.3. The van der Waals surface area contributed by atoms with Gasteiger partial charge in [0.25, 0.3) is 5.91 Å². The van der Waals surface area contributed by atoms with E-state index in [1.54, 1.807) is 44.2 Å². The number of nitrogens with one attached hydrogen (secondary N) is 2. The lowest BCUT2D eigenvalue weighted by atomic mass is 9.88. The van der Waals surface area contributed by atoms with Crippen LogP contribution in [-0.2, 0) is 15.1 Å². The van der Waals surface area contributed by atoms with Gasteiger partial charge in [0, 0.05) is 10.0 Å². The second kappa shape index (κ2) is 8.05. The lowest BCUT2D eigenvalue weighted by Crippen LogP contribution is -2.44. The molecule has 1 aliphatic rings. The van der Waals surface area contributed by atoms with Crippen LogP contribution in [0, 0.1) is 6.92 Å². The minimum absolute atomic E-state index is 0.387. The van der Waals surface area contributed by atoms with Crippen LogP contribution in [0.25, 0.3) is 0 Å². The van der Waals surface area contributed by atoms with Crippen LogP contribution in [0.2, 0.25) is 10.0 Å². The van der Waals surface area contributed by atoms with E-state index in [-0.39, 0.29) is 6.54 Å². The van der Waals surface area contributed by atoms with Gasteiger partial charge in [-0.05, 0) is 49.6 Å². The maximum Gasteiger partial charge on any atom is 0.325 e. The maximum atomic E-state index is 13.0. The molecule has 6 nitrogen and oxygen atoms in total. The fourth-order valence-corrected chi connectivity index (χ4v) is 4.09. The van der Waals surface area contributed by atoms with Gasteiger partial charge in [-0.3, -0.25) is 14.5 Å². The van der Waals surface area contributed by atoms with Crippen molar-refractivity contribution in [2.75, 3.05) is 6.54 Å². The maximum absolute atomic E-state index is 13.0. The van der Waals surface area contributed by atoms with E-state index in [1.165, 1.54) is 0 Å². The largest absolute Gasteiger partial charge is 0.348 e. The predicted molar refractivity (Wildman–Crippen MR) is 112 cm³/mol. The molecule has 1 fully saturated rings. The summed E-state index contributed by atoms with van der Waals surface area (Å²) in [5, 5.41) is 6.39. The first-order chi connectivity index (χ1) is 13.6. The van der Waals surface area contributed by atoms with Crippen molar-refractivity contribution in [1.29, 1.82) is 0 Å². The van der Waals surface area contributed by atoms with E-state index in [0.29, 0.717) is 21.2 Å². The van der Waals surface area contributed by atoms with Crippen LogP contribution in [0.15, 0.2) is 42.5 Å². The van der Waals surface area contributed by atoms with Crippen molar-refractivity contribution in [3.63, 3.8) is 0 Å². The summed E-state index contributed by atoms with van der Waals surface area (Å²) >= 11 is 12.1. The van der Waals surface area contributed by atoms with Gasteiger partial charge in [-0.2, -0.15) is 0 Å². The lowest BCUT2D eigenvalue weighted by Gasteiger charge is -2.24. The highest BCUT2D eigenvalue weighted by Gasteiger charge is 2.50. The van der Waals surface area contributed by atoms with Gasteiger partial charge in [0.05, 0.1) is 6.04 Å². The Kier molecular flexibility index (Phi) is 5.87. The van der Waals surface area contributed by atoms with E-state index in [0.717, 1.165) is 10.5 Å². The van der Waals surface area contributed by atoms with E-state index in [4.69, 9.17) is 23.2 Å². The molecule has 2 N–H and O–H groups in total. The van der Waals surface area contributed by atoms with Crippen LogP contribution in [0.4, 0.5) is 4.79 Å². The minimum Gasteiger partial charge on any atom is -0.348 e. The van der Waals surface area contributed by atoms with Gasteiger partial charge < -0.3 is 10.6 Å². The average Bonchev–Trinajstić information content (AvgIpc) is 2.85. The third-order valence-corrected chi connectivity index (χ3v) is 5.63. The Morgan fingerprint density at radius 1 is 1.21 bits per heavy atom. The number of nitrogens with zero attached hydrogens (tertiary/aromatic N) is 1. The second-order valence-corrected chi connectivity index (χ2v) is 8.06. The number of imide groups is 1. The second-order valence-electron chi connectivity index (χ2n) is 7.22. The smallest absolute Gasteiger partial charge is 0.325 e. The molecule has 8 heteroatoms. The molecule has 2 aromatic rings. The normalized spacial score (nSPS) is 19.8.